The summed E-state index contributed by atoms with van der Waals surface area (Å²) in [5.41, 5.74) is 4.72. The van der Waals surface area contributed by atoms with Crippen molar-refractivity contribution in [3.05, 3.63) is 101 Å². The Morgan fingerprint density at radius 2 is 1.63 bits per heavy atom. The summed E-state index contributed by atoms with van der Waals surface area (Å²) in [6, 6.07) is 25.3. The summed E-state index contributed by atoms with van der Waals surface area (Å²) in [6.07, 6.45) is 3.46. The van der Waals surface area contributed by atoms with Crippen LogP contribution in [0.5, 0.6) is 5.75 Å². The van der Waals surface area contributed by atoms with Gasteiger partial charge in [-0.1, -0.05) is 68.8 Å². The highest BCUT2D eigenvalue weighted by Crippen LogP contribution is 2.54. The molecule has 1 aromatic heterocycles. The molecule has 1 unspecified atom stereocenters. The van der Waals surface area contributed by atoms with Crippen LogP contribution >= 0.6 is 0 Å². The molecule has 1 aliphatic carbocycles. The number of benzene rings is 3. The zero-order valence-electron chi connectivity index (χ0n) is 27.5. The average Bonchev–Trinajstić information content (AvgIpc) is 3.76. The third-order valence-electron chi connectivity index (χ3n) is 9.54. The zero-order valence-corrected chi connectivity index (χ0v) is 27.5. The maximum Gasteiger partial charge on any atom is 0.324 e. The van der Waals surface area contributed by atoms with E-state index in [0.29, 0.717) is 11.5 Å². The Kier molecular flexibility index (Phi) is 8.75. The molecule has 3 aromatic carbocycles. The lowest BCUT2D eigenvalue weighted by atomic mass is 9.72. The molecule has 2 amide bonds. The second-order valence-electron chi connectivity index (χ2n) is 13.8. The van der Waals surface area contributed by atoms with E-state index in [4.69, 9.17) is 9.84 Å². The molecule has 0 radical (unpaired) electrons. The topological polar surface area (TPSA) is 97.3 Å². The van der Waals surface area contributed by atoms with Crippen molar-refractivity contribution >= 4 is 23.3 Å². The number of ether oxygens (including phenoxy) is 1. The molecular weight excluding hydrogens is 574 g/mol. The standard InChI is InChI=1S/C38H45N5O3/c1-25-10-14-28(15-11-25)43-33(24-32(42-43)37(2,3)4)41-36(45)40-31-9-7-6-8-30(31)34(26-18-22-39-23-19-26)35(44)38(20-21-38)27-12-16-29(46-5)17-13-27/h6-17,24,26,34,39H,18-23H2,1-5H3,(H2,40,41,45). The van der Waals surface area contributed by atoms with E-state index >= 15 is 0 Å². The molecule has 1 atom stereocenters. The minimum Gasteiger partial charge on any atom is -0.497 e. The lowest BCUT2D eigenvalue weighted by Gasteiger charge is -2.34. The first kappa shape index (κ1) is 31.5. The van der Waals surface area contributed by atoms with Gasteiger partial charge >= 0.3 is 6.03 Å². The van der Waals surface area contributed by atoms with E-state index in [-0.39, 0.29) is 29.1 Å². The van der Waals surface area contributed by atoms with Crippen molar-refractivity contribution in [2.75, 3.05) is 30.8 Å². The molecule has 0 spiro atoms. The SMILES string of the molecule is COc1ccc(C2(C(=O)C(c3ccccc3NC(=O)Nc3cc(C(C)(C)C)nn3-c3ccc(C)cc3)C3CCNCC3)CC2)cc1. The first-order valence-corrected chi connectivity index (χ1v) is 16.3. The van der Waals surface area contributed by atoms with Crippen LogP contribution in [0.15, 0.2) is 78.9 Å². The molecule has 240 valence electrons. The van der Waals surface area contributed by atoms with Crippen molar-refractivity contribution in [1.29, 1.82) is 0 Å². The van der Waals surface area contributed by atoms with E-state index in [1.807, 2.05) is 85.8 Å². The van der Waals surface area contributed by atoms with Crippen LogP contribution < -0.4 is 20.7 Å². The van der Waals surface area contributed by atoms with E-state index in [1.54, 1.807) is 11.8 Å². The number of urea groups is 1. The molecule has 1 saturated carbocycles. The molecule has 46 heavy (non-hydrogen) atoms. The first-order chi connectivity index (χ1) is 22.1. The molecule has 1 saturated heterocycles. The fourth-order valence-corrected chi connectivity index (χ4v) is 6.67. The fourth-order valence-electron chi connectivity index (χ4n) is 6.67. The van der Waals surface area contributed by atoms with Gasteiger partial charge < -0.3 is 15.4 Å². The number of aromatic nitrogens is 2. The van der Waals surface area contributed by atoms with Crippen molar-refractivity contribution in [1.82, 2.24) is 15.1 Å². The summed E-state index contributed by atoms with van der Waals surface area (Å²) in [5, 5.41) is 14.5. The van der Waals surface area contributed by atoms with E-state index < -0.39 is 5.41 Å². The first-order valence-electron chi connectivity index (χ1n) is 16.3. The van der Waals surface area contributed by atoms with Crippen LogP contribution in [0.2, 0.25) is 0 Å². The molecule has 2 fully saturated rings. The quantitative estimate of drug-likeness (QED) is 0.180. The van der Waals surface area contributed by atoms with Gasteiger partial charge in [0, 0.05) is 23.1 Å². The Labute approximate surface area is 271 Å². The van der Waals surface area contributed by atoms with Gasteiger partial charge in [0.2, 0.25) is 0 Å². The summed E-state index contributed by atoms with van der Waals surface area (Å²) in [4.78, 5) is 28.5. The number of carbonyl (C=O) groups is 2. The smallest absolute Gasteiger partial charge is 0.324 e. The number of Topliss-reactive ketones (excluding diaryl/α,β-unsaturated/α-hetero) is 1. The maximum absolute atomic E-state index is 14.7. The van der Waals surface area contributed by atoms with Gasteiger partial charge in [0.15, 0.2) is 5.78 Å². The fraction of sp³-hybridized carbons (Fsp3) is 0.395. The molecule has 1 aliphatic heterocycles. The average molecular weight is 620 g/mol. The number of piperidine rings is 1. The van der Waals surface area contributed by atoms with Crippen LogP contribution in [0.1, 0.15) is 74.8 Å². The molecule has 8 nitrogen and oxygen atoms in total. The van der Waals surface area contributed by atoms with Gasteiger partial charge in [0.25, 0.3) is 0 Å². The highest BCUT2D eigenvalue weighted by molar-refractivity contribution is 6.03. The van der Waals surface area contributed by atoms with Gasteiger partial charge in [-0.2, -0.15) is 5.10 Å². The van der Waals surface area contributed by atoms with Crippen molar-refractivity contribution in [3.8, 4) is 11.4 Å². The molecule has 2 aliphatic rings. The third kappa shape index (κ3) is 6.44. The summed E-state index contributed by atoms with van der Waals surface area (Å²) >= 11 is 0. The second-order valence-corrected chi connectivity index (χ2v) is 13.8. The summed E-state index contributed by atoms with van der Waals surface area (Å²) in [7, 11) is 1.65. The van der Waals surface area contributed by atoms with Gasteiger partial charge in [0.05, 0.1) is 23.9 Å². The van der Waals surface area contributed by atoms with Crippen LogP contribution in [0.3, 0.4) is 0 Å². The predicted octanol–water partition coefficient (Wildman–Crippen LogP) is 7.51. The van der Waals surface area contributed by atoms with E-state index in [1.165, 1.54) is 0 Å². The van der Waals surface area contributed by atoms with Crippen LogP contribution in [-0.2, 0) is 15.6 Å². The number of hydrogen-bond donors (Lipinski definition) is 3. The van der Waals surface area contributed by atoms with Crippen LogP contribution in [0.4, 0.5) is 16.3 Å². The lowest BCUT2D eigenvalue weighted by Crippen LogP contribution is -2.38. The molecule has 4 aromatic rings. The molecule has 0 bridgehead atoms. The molecule has 8 heteroatoms. The lowest BCUT2D eigenvalue weighted by molar-refractivity contribution is -0.124. The van der Waals surface area contributed by atoms with Crippen molar-refractivity contribution in [3.63, 3.8) is 0 Å². The number of anilines is 2. The molecule has 3 N–H and O–H groups in total. The minimum atomic E-state index is -0.513. The van der Waals surface area contributed by atoms with Gasteiger partial charge in [-0.3, -0.25) is 10.1 Å². The largest absolute Gasteiger partial charge is 0.497 e. The monoisotopic (exact) mass is 619 g/mol. The molecular formula is C38H45N5O3. The van der Waals surface area contributed by atoms with Crippen LogP contribution in [0, 0.1) is 12.8 Å². The van der Waals surface area contributed by atoms with Crippen molar-refractivity contribution < 1.29 is 14.3 Å². The van der Waals surface area contributed by atoms with Gasteiger partial charge in [0.1, 0.15) is 11.6 Å². The number of aryl methyl sites for hydroxylation is 1. The minimum absolute atomic E-state index is 0.174. The zero-order chi connectivity index (χ0) is 32.5. The Bertz CT molecular complexity index is 1690. The Morgan fingerprint density at radius 1 is 0.957 bits per heavy atom. The highest BCUT2D eigenvalue weighted by Gasteiger charge is 2.54. The number of hydrogen-bond acceptors (Lipinski definition) is 5. The Morgan fingerprint density at radius 3 is 2.26 bits per heavy atom. The second kappa shape index (κ2) is 12.8. The maximum atomic E-state index is 14.7. The number of nitrogens with zero attached hydrogens (tertiary/aromatic N) is 2. The van der Waals surface area contributed by atoms with Gasteiger partial charge in [-0.15, -0.1) is 0 Å². The summed E-state index contributed by atoms with van der Waals surface area (Å²) in [6.45, 7) is 10.1. The normalized spacial score (nSPS) is 16.8. The Hall–Kier alpha value is -4.43. The number of amides is 2. The van der Waals surface area contributed by atoms with E-state index in [0.717, 1.165) is 72.6 Å². The van der Waals surface area contributed by atoms with Crippen molar-refractivity contribution in [2.24, 2.45) is 5.92 Å². The summed E-state index contributed by atoms with van der Waals surface area (Å²) in [5.74, 6) is 1.43. The van der Waals surface area contributed by atoms with Gasteiger partial charge in [-0.25, -0.2) is 9.48 Å². The number of nitrogens with one attached hydrogen (secondary N) is 3. The van der Waals surface area contributed by atoms with Crippen molar-refractivity contribution in [2.45, 2.75) is 70.1 Å². The number of para-hydroxylation sites is 1. The number of ketones is 1. The number of methoxy groups -OCH3 is 1. The summed E-state index contributed by atoms with van der Waals surface area (Å²) < 4.78 is 7.16. The molecule has 6 rings (SSSR count). The van der Waals surface area contributed by atoms with Gasteiger partial charge in [-0.05, 0) is 93.1 Å². The number of rotatable bonds is 9. The predicted molar refractivity (Wildman–Crippen MR) is 183 cm³/mol. The van der Waals surface area contributed by atoms with E-state index in [9.17, 15) is 9.59 Å². The third-order valence-corrected chi connectivity index (χ3v) is 9.54. The highest BCUT2D eigenvalue weighted by atomic mass is 16.5. The van der Waals surface area contributed by atoms with Crippen LogP contribution in [0.25, 0.3) is 5.69 Å². The van der Waals surface area contributed by atoms with E-state index in [2.05, 4.69) is 36.7 Å². The molecule has 2 heterocycles. The van der Waals surface area contributed by atoms with Crippen LogP contribution in [-0.4, -0.2) is 41.8 Å². The Balaban J connectivity index is 1.31. The number of carbonyl (C=O) groups excluding carboxylic acids is 2.